The number of fused-ring (bicyclic) bond motifs is 1. The van der Waals surface area contributed by atoms with Gasteiger partial charge in [0.05, 0.1) is 47.1 Å². The predicted octanol–water partition coefficient (Wildman–Crippen LogP) is 5.70. The maximum atomic E-state index is 14.6. The Morgan fingerprint density at radius 2 is 1.60 bits per heavy atom. The van der Waals surface area contributed by atoms with E-state index in [-0.39, 0.29) is 48.9 Å². The van der Waals surface area contributed by atoms with Crippen molar-refractivity contribution in [2.24, 2.45) is 17.8 Å². The topological polar surface area (TPSA) is 238 Å². The molecule has 0 bridgehead atoms. The van der Waals surface area contributed by atoms with Crippen LogP contribution in [-0.2, 0) is 49.1 Å². The number of hydrogen-bond donors (Lipinski definition) is 5. The minimum Gasteiger partial charge on any atom is -0.477 e. The number of carboxylic acid groups (broad SMARTS) is 1. The van der Waals surface area contributed by atoms with E-state index in [0.29, 0.717) is 44.6 Å². The first-order valence-corrected chi connectivity index (χ1v) is 28.3. The van der Waals surface area contributed by atoms with Crippen LogP contribution in [-0.4, -0.2) is 197 Å². The summed E-state index contributed by atoms with van der Waals surface area (Å²) in [5, 5.41) is 58.3. The Morgan fingerprint density at radius 3 is 2.23 bits per heavy atom. The first kappa shape index (κ1) is 63.0. The number of carbonyl (C=O) groups excluding carboxylic acids is 1. The molecule has 4 heterocycles. The van der Waals surface area contributed by atoms with Gasteiger partial charge in [0.15, 0.2) is 12.6 Å². The first-order chi connectivity index (χ1) is 36.1. The number of aryl methyl sites for hydroxylation is 1. The first-order valence-electron chi connectivity index (χ1n) is 28.3. The maximum Gasteiger partial charge on any atom is 0.341 e. The summed E-state index contributed by atoms with van der Waals surface area (Å²) in [6.07, 6.45) is -1.47. The molecular weight excluding hydrogens is 995 g/mol. The van der Waals surface area contributed by atoms with Crippen LogP contribution in [0.5, 0.6) is 0 Å². The van der Waals surface area contributed by atoms with Crippen molar-refractivity contribution in [1.29, 1.82) is 0 Å². The summed E-state index contributed by atoms with van der Waals surface area (Å²) in [5.74, 6) is -3.89. The van der Waals surface area contributed by atoms with Gasteiger partial charge in [-0.25, -0.2) is 4.79 Å². The fraction of sp³-hybridized carbons (Fsp3) is 0.810. The second-order valence-corrected chi connectivity index (χ2v) is 24.1. The monoisotopic (exact) mass is 1090 g/mol. The summed E-state index contributed by atoms with van der Waals surface area (Å²) in [6, 6.07) is 5.14. The van der Waals surface area contributed by atoms with Crippen LogP contribution in [0.4, 0.5) is 0 Å². The number of aromatic carboxylic acids is 1. The molecule has 1 aromatic heterocycles. The average Bonchev–Trinajstić information content (AvgIpc) is 4.22. The minimum absolute atomic E-state index is 0.171. The zero-order valence-corrected chi connectivity index (χ0v) is 48.5. The van der Waals surface area contributed by atoms with Gasteiger partial charge < -0.3 is 77.8 Å². The Labute approximate surface area is 456 Å². The van der Waals surface area contributed by atoms with Crippen molar-refractivity contribution in [3.05, 3.63) is 45.7 Å². The molecule has 3 aliphatic heterocycles. The molecule has 3 saturated heterocycles. The lowest BCUT2D eigenvalue weighted by Crippen LogP contribution is -2.61. The van der Waals surface area contributed by atoms with Gasteiger partial charge in [0, 0.05) is 75.5 Å². The number of hydrogen-bond acceptors (Lipinski definition) is 17. The quantitative estimate of drug-likeness (QED) is 0.0838. The normalized spacial score (nSPS) is 38.3. The van der Waals surface area contributed by atoms with E-state index < -0.39 is 107 Å². The number of esters is 1. The van der Waals surface area contributed by atoms with Crippen LogP contribution in [0.15, 0.2) is 29.2 Å². The fourth-order valence-corrected chi connectivity index (χ4v) is 12.4. The Kier molecular flexibility index (Phi) is 21.8. The molecule has 18 atom stereocenters. The molecule has 4 fully saturated rings. The number of aromatic nitrogens is 1. The van der Waals surface area contributed by atoms with Gasteiger partial charge in [-0.1, -0.05) is 26.8 Å². The number of ether oxygens (including phenoxy) is 8. The van der Waals surface area contributed by atoms with E-state index in [9.17, 15) is 39.9 Å². The lowest BCUT2D eigenvalue weighted by Gasteiger charge is -2.49. The molecule has 77 heavy (non-hydrogen) atoms. The van der Waals surface area contributed by atoms with Crippen LogP contribution in [0.25, 0.3) is 10.9 Å². The Morgan fingerprint density at radius 1 is 0.909 bits per heavy atom. The number of likely N-dealkylation sites (N-methyl/N-ethyl adjacent to an activating group) is 2. The molecular formula is C58H95N3O16. The van der Waals surface area contributed by atoms with E-state index in [1.165, 1.54) is 13.1 Å². The van der Waals surface area contributed by atoms with Gasteiger partial charge in [0.2, 0.25) is 5.43 Å². The smallest absolute Gasteiger partial charge is 0.341 e. The molecule has 0 amide bonds. The highest BCUT2D eigenvalue weighted by atomic mass is 16.7. The van der Waals surface area contributed by atoms with Crippen LogP contribution in [0.3, 0.4) is 0 Å². The lowest BCUT2D eigenvalue weighted by molar-refractivity contribution is -0.320. The zero-order valence-electron chi connectivity index (χ0n) is 48.5. The van der Waals surface area contributed by atoms with Gasteiger partial charge in [-0.15, -0.1) is 0 Å². The molecule has 19 nitrogen and oxygen atoms in total. The van der Waals surface area contributed by atoms with E-state index in [1.54, 1.807) is 27.9 Å². The van der Waals surface area contributed by atoms with Crippen LogP contribution < -0.4 is 5.43 Å². The number of methoxy groups -OCH3 is 1. The third-order valence-electron chi connectivity index (χ3n) is 17.2. The number of rotatable bonds is 19. The molecule has 5 N–H and O–H groups in total. The van der Waals surface area contributed by atoms with Crippen LogP contribution >= 0.6 is 0 Å². The maximum absolute atomic E-state index is 14.6. The predicted molar refractivity (Wildman–Crippen MR) is 290 cm³/mol. The second-order valence-electron chi connectivity index (χ2n) is 24.1. The van der Waals surface area contributed by atoms with Crippen molar-refractivity contribution in [2.45, 2.75) is 230 Å². The number of carbonyl (C=O) groups is 2. The van der Waals surface area contributed by atoms with Crippen molar-refractivity contribution in [1.82, 2.24) is 14.4 Å². The van der Waals surface area contributed by atoms with Crippen LogP contribution in [0.1, 0.15) is 149 Å². The van der Waals surface area contributed by atoms with Gasteiger partial charge in [0.25, 0.3) is 0 Å². The van der Waals surface area contributed by atoms with Crippen molar-refractivity contribution in [2.75, 3.05) is 54.6 Å². The number of unbranched alkanes of at least 4 members (excludes halogenated alkanes) is 1. The van der Waals surface area contributed by atoms with E-state index in [0.717, 1.165) is 43.2 Å². The molecule has 1 aromatic carbocycles. The third kappa shape index (κ3) is 15.1. The second kappa shape index (κ2) is 26.6. The lowest BCUT2D eigenvalue weighted by atomic mass is 9.77. The summed E-state index contributed by atoms with van der Waals surface area (Å²) in [4.78, 5) is 43.4. The Bertz CT molecular complexity index is 2310. The van der Waals surface area contributed by atoms with Crippen LogP contribution in [0, 0.1) is 17.8 Å². The SMILES string of the molecule is CC[C@H]1OC(=O)[C@H](C)[C@@H](O[C@H]2C[C@@](C)(OC)[C@@H](OCCCOCCCCc3ccc4c(c3)c(=O)c(C(=O)O)cn4C3CC3)[C@H](C)O2)[C@H](C)[C@@H](O[C@@H]2O[C@H](C)C[C@H](N(C)C)[C@H]2O)[C@](C)(O)C[C@@H](C)CN(C)[C@H](C)[C@@H](O)[C@]1(C)O. The molecule has 1 aliphatic carbocycles. The minimum atomic E-state index is -1.83. The third-order valence-corrected chi connectivity index (χ3v) is 17.2. The number of benzene rings is 1. The highest BCUT2D eigenvalue weighted by Gasteiger charge is 2.53. The average molecular weight is 1090 g/mol. The van der Waals surface area contributed by atoms with E-state index in [2.05, 4.69) is 0 Å². The number of carboxylic acids is 1. The number of aliphatic hydroxyl groups is 4. The summed E-state index contributed by atoms with van der Waals surface area (Å²) in [6.45, 7) is 19.8. The molecule has 2 aromatic rings. The molecule has 0 radical (unpaired) electrons. The van der Waals surface area contributed by atoms with Gasteiger partial charge >= 0.3 is 11.9 Å². The molecule has 6 rings (SSSR count). The van der Waals surface area contributed by atoms with Gasteiger partial charge in [-0.2, -0.15) is 0 Å². The van der Waals surface area contributed by atoms with E-state index >= 15 is 0 Å². The molecule has 4 aliphatic rings. The molecule has 19 heteroatoms. The fourth-order valence-electron chi connectivity index (χ4n) is 12.4. The van der Waals surface area contributed by atoms with Crippen molar-refractivity contribution in [3.63, 3.8) is 0 Å². The zero-order chi connectivity index (χ0) is 56.9. The van der Waals surface area contributed by atoms with Crippen molar-refractivity contribution < 1.29 is 73.0 Å². The summed E-state index contributed by atoms with van der Waals surface area (Å²) in [5.41, 5.74) is -3.25. The number of cyclic esters (lactones) is 1. The highest BCUT2D eigenvalue weighted by Crippen LogP contribution is 2.41. The number of aliphatic hydroxyl groups excluding tert-OH is 2. The van der Waals surface area contributed by atoms with Gasteiger partial charge in [-0.3, -0.25) is 9.59 Å². The number of pyridine rings is 1. The summed E-state index contributed by atoms with van der Waals surface area (Å²) < 4.78 is 53.5. The summed E-state index contributed by atoms with van der Waals surface area (Å²) >= 11 is 0. The molecule has 1 saturated carbocycles. The largest absolute Gasteiger partial charge is 0.477 e. The molecule has 438 valence electrons. The van der Waals surface area contributed by atoms with Crippen LogP contribution in [0.2, 0.25) is 0 Å². The Balaban J connectivity index is 1.13. The standard InChI is InChI=1S/C58H95N3O16/c1-15-45-58(10,69)50(64)37(6)60(13)31-33(2)29-56(8,68)51(77-55-48(63)44(59(11)12)27-34(3)73-55)35(4)49(36(5)54(67)75-45)76-46-30-57(9,70-14)52(38(7)74-46)72-26-18-25-71-24-17-16-19-39-20-23-43-41(28-39)47(62)42(53(65)66)32-61(43)40-21-22-40/h20,23,28,32-38,40,44-46,48-52,55,63-64,68-69H,15-19,21-22,24-27,29-31H2,1-14H3,(H,65,66)/t33-,34-,35+,36-,37-,38+,44+,45-,46+,48-,49+,50-,51-,52+,55+,56-,57-,58-/m1/s1. The van der Waals surface area contributed by atoms with Crippen molar-refractivity contribution in [3.8, 4) is 0 Å². The van der Waals surface area contributed by atoms with Crippen molar-refractivity contribution >= 4 is 22.8 Å². The number of nitrogens with zero attached hydrogens (tertiary/aromatic N) is 3. The van der Waals surface area contributed by atoms with Gasteiger partial charge in [0.1, 0.15) is 35.6 Å². The van der Waals surface area contributed by atoms with E-state index in [4.69, 9.17) is 37.9 Å². The summed E-state index contributed by atoms with van der Waals surface area (Å²) in [7, 11) is 7.24. The molecule has 0 spiro atoms. The van der Waals surface area contributed by atoms with E-state index in [1.807, 2.05) is 95.3 Å². The highest BCUT2D eigenvalue weighted by molar-refractivity contribution is 5.92. The Hall–Kier alpha value is -3.15. The molecule has 0 unspecified atom stereocenters. The van der Waals surface area contributed by atoms with Gasteiger partial charge in [-0.05, 0) is 151 Å².